The maximum atomic E-state index is 13.0. The topological polar surface area (TPSA) is 54.5 Å². The monoisotopic (exact) mass is 397 g/mol. The number of aryl methyl sites for hydroxylation is 1. The van der Waals surface area contributed by atoms with Gasteiger partial charge in [0.25, 0.3) is 10.0 Å². The van der Waals surface area contributed by atoms with E-state index in [-0.39, 0.29) is 17.9 Å². The van der Waals surface area contributed by atoms with E-state index in [1.807, 2.05) is 38.1 Å². The smallest absolute Gasteiger partial charge is 0.266 e. The van der Waals surface area contributed by atoms with Gasteiger partial charge < -0.3 is 0 Å². The number of hydrogen-bond acceptors (Lipinski definition) is 3. The summed E-state index contributed by atoms with van der Waals surface area (Å²) < 4.78 is 27.1. The summed E-state index contributed by atoms with van der Waals surface area (Å²) in [7, 11) is -3.89. The van der Waals surface area contributed by atoms with Gasteiger partial charge in [-0.1, -0.05) is 61.6 Å². The van der Waals surface area contributed by atoms with Crippen LogP contribution in [-0.2, 0) is 21.2 Å². The van der Waals surface area contributed by atoms with Crippen molar-refractivity contribution in [3.05, 3.63) is 65.2 Å². The van der Waals surface area contributed by atoms with Crippen LogP contribution in [0.25, 0.3) is 0 Å². The summed E-state index contributed by atoms with van der Waals surface area (Å²) in [6.45, 7) is 5.96. The van der Waals surface area contributed by atoms with Crippen molar-refractivity contribution in [2.75, 3.05) is 6.54 Å². The molecule has 0 aliphatic heterocycles. The molecule has 148 valence electrons. The van der Waals surface area contributed by atoms with Crippen molar-refractivity contribution in [2.24, 2.45) is 0 Å². The first-order chi connectivity index (χ1) is 13.4. The fourth-order valence-electron chi connectivity index (χ4n) is 2.75. The van der Waals surface area contributed by atoms with Gasteiger partial charge in [-0.15, -0.1) is 0 Å². The van der Waals surface area contributed by atoms with Crippen LogP contribution in [0.4, 0.5) is 0 Å². The standard InChI is InChI=1S/C23H27NO3S/c1-4-6-7-10-20-11-8-9-12-21(20)18-23(25)24(17-5-2)28(26,27)22-15-13-19(3)14-16-22/h8-9,11-16H,4-6,17-18H2,1-3H3. The largest absolute Gasteiger partial charge is 0.273 e. The number of sulfonamides is 1. The molecule has 2 aromatic carbocycles. The molecule has 0 spiro atoms. The quantitative estimate of drug-likeness (QED) is 0.654. The molecule has 0 aliphatic rings. The molecule has 0 fully saturated rings. The zero-order valence-electron chi connectivity index (χ0n) is 16.7. The Balaban J connectivity index is 2.32. The molecule has 0 saturated heterocycles. The Labute approximate surface area is 168 Å². The Morgan fingerprint density at radius 2 is 1.68 bits per heavy atom. The summed E-state index contributed by atoms with van der Waals surface area (Å²) in [6, 6.07) is 14.0. The van der Waals surface area contributed by atoms with Crippen molar-refractivity contribution < 1.29 is 13.2 Å². The summed E-state index contributed by atoms with van der Waals surface area (Å²) in [4.78, 5) is 13.1. The van der Waals surface area contributed by atoms with Gasteiger partial charge in [-0.2, -0.15) is 0 Å². The van der Waals surface area contributed by atoms with Crippen LogP contribution < -0.4 is 0 Å². The molecule has 0 radical (unpaired) electrons. The molecular weight excluding hydrogens is 370 g/mol. The van der Waals surface area contributed by atoms with Gasteiger partial charge in [0.05, 0.1) is 11.3 Å². The highest BCUT2D eigenvalue weighted by Crippen LogP contribution is 2.19. The number of unbranched alkanes of at least 4 members (excludes halogenated alkanes) is 1. The summed E-state index contributed by atoms with van der Waals surface area (Å²) >= 11 is 0. The molecule has 2 aromatic rings. The Morgan fingerprint density at radius 3 is 2.32 bits per heavy atom. The molecule has 0 atom stereocenters. The average molecular weight is 398 g/mol. The molecule has 0 N–H and O–H groups in total. The minimum absolute atomic E-state index is 0.00205. The second-order valence-electron chi connectivity index (χ2n) is 6.67. The summed E-state index contributed by atoms with van der Waals surface area (Å²) in [5.41, 5.74) is 2.48. The molecule has 0 saturated carbocycles. The van der Waals surface area contributed by atoms with Crippen LogP contribution in [0.3, 0.4) is 0 Å². The average Bonchev–Trinajstić information content (AvgIpc) is 2.67. The molecule has 2 rings (SSSR count). The molecule has 0 bridgehead atoms. The van der Waals surface area contributed by atoms with E-state index in [0.717, 1.165) is 33.8 Å². The number of amides is 1. The number of rotatable bonds is 7. The zero-order chi connectivity index (χ0) is 20.6. The van der Waals surface area contributed by atoms with Crippen molar-refractivity contribution in [1.82, 2.24) is 4.31 Å². The van der Waals surface area contributed by atoms with Crippen LogP contribution in [0.5, 0.6) is 0 Å². The van der Waals surface area contributed by atoms with Crippen LogP contribution in [0.2, 0.25) is 0 Å². The predicted octanol–water partition coefficient (Wildman–Crippen LogP) is 4.32. The molecule has 5 heteroatoms. The normalized spacial score (nSPS) is 10.8. The third-order valence-electron chi connectivity index (χ3n) is 4.27. The van der Waals surface area contributed by atoms with Crippen LogP contribution in [0.15, 0.2) is 53.4 Å². The van der Waals surface area contributed by atoms with E-state index in [1.54, 1.807) is 24.3 Å². The van der Waals surface area contributed by atoms with Crippen LogP contribution in [0, 0.1) is 18.8 Å². The van der Waals surface area contributed by atoms with E-state index in [1.165, 1.54) is 0 Å². The molecule has 28 heavy (non-hydrogen) atoms. The van der Waals surface area contributed by atoms with Crippen LogP contribution in [0.1, 0.15) is 49.8 Å². The van der Waals surface area contributed by atoms with Crippen molar-refractivity contribution >= 4 is 15.9 Å². The first kappa shape index (κ1) is 21.7. The maximum absolute atomic E-state index is 13.0. The molecule has 0 aliphatic carbocycles. The lowest BCUT2D eigenvalue weighted by molar-refractivity contribution is -0.125. The molecule has 0 heterocycles. The summed E-state index contributed by atoms with van der Waals surface area (Å²) in [5, 5.41) is 0. The van der Waals surface area contributed by atoms with Gasteiger partial charge in [0.1, 0.15) is 0 Å². The Bertz CT molecular complexity index is 967. The molecule has 0 aromatic heterocycles. The number of carbonyl (C=O) groups is 1. The zero-order valence-corrected chi connectivity index (χ0v) is 17.6. The summed E-state index contributed by atoms with van der Waals surface area (Å²) in [5.74, 6) is 5.75. The van der Waals surface area contributed by atoms with E-state index in [9.17, 15) is 13.2 Å². The van der Waals surface area contributed by atoms with Gasteiger partial charge in [0, 0.05) is 18.5 Å². The lowest BCUT2D eigenvalue weighted by Crippen LogP contribution is -2.38. The highest BCUT2D eigenvalue weighted by atomic mass is 32.2. The van der Waals surface area contributed by atoms with Crippen molar-refractivity contribution in [3.63, 3.8) is 0 Å². The first-order valence-electron chi connectivity index (χ1n) is 9.59. The third kappa shape index (κ3) is 5.46. The molecule has 0 unspecified atom stereocenters. The van der Waals surface area contributed by atoms with Crippen LogP contribution in [-0.4, -0.2) is 25.2 Å². The predicted molar refractivity (Wildman–Crippen MR) is 112 cm³/mol. The third-order valence-corrected chi connectivity index (χ3v) is 6.11. The fourth-order valence-corrected chi connectivity index (χ4v) is 4.24. The molecule has 1 amide bonds. The van der Waals surface area contributed by atoms with Crippen molar-refractivity contribution in [3.8, 4) is 11.8 Å². The van der Waals surface area contributed by atoms with E-state index in [2.05, 4.69) is 18.8 Å². The van der Waals surface area contributed by atoms with Gasteiger partial charge in [0.15, 0.2) is 0 Å². The number of carbonyl (C=O) groups excluding carboxylic acids is 1. The van der Waals surface area contributed by atoms with E-state index in [0.29, 0.717) is 6.42 Å². The van der Waals surface area contributed by atoms with Crippen molar-refractivity contribution in [1.29, 1.82) is 0 Å². The highest BCUT2D eigenvalue weighted by molar-refractivity contribution is 7.89. The number of benzene rings is 2. The molecular formula is C23H27NO3S. The SMILES string of the molecule is CCCC#Cc1ccccc1CC(=O)N(CCC)S(=O)(=O)c1ccc(C)cc1. The minimum atomic E-state index is -3.89. The van der Waals surface area contributed by atoms with E-state index in [4.69, 9.17) is 0 Å². The lowest BCUT2D eigenvalue weighted by Gasteiger charge is -2.22. The fraction of sp³-hybridized carbons (Fsp3) is 0.348. The van der Waals surface area contributed by atoms with Gasteiger partial charge in [-0.3, -0.25) is 4.79 Å². The lowest BCUT2D eigenvalue weighted by atomic mass is 10.0. The van der Waals surface area contributed by atoms with Crippen molar-refractivity contribution in [2.45, 2.75) is 51.3 Å². The number of hydrogen-bond donors (Lipinski definition) is 0. The van der Waals surface area contributed by atoms with Gasteiger partial charge >= 0.3 is 0 Å². The second kappa shape index (κ2) is 10.1. The Kier molecular flexibility index (Phi) is 7.83. The van der Waals surface area contributed by atoms with Gasteiger partial charge in [-0.25, -0.2) is 12.7 Å². The van der Waals surface area contributed by atoms with Gasteiger partial charge in [-0.05, 0) is 43.5 Å². The summed E-state index contributed by atoms with van der Waals surface area (Å²) in [6.07, 6.45) is 2.30. The highest BCUT2D eigenvalue weighted by Gasteiger charge is 2.28. The van der Waals surface area contributed by atoms with Crippen LogP contribution >= 0.6 is 0 Å². The Hall–Kier alpha value is -2.58. The van der Waals surface area contributed by atoms with E-state index < -0.39 is 15.9 Å². The Morgan fingerprint density at radius 1 is 1.00 bits per heavy atom. The maximum Gasteiger partial charge on any atom is 0.266 e. The van der Waals surface area contributed by atoms with Gasteiger partial charge in [0.2, 0.25) is 5.91 Å². The second-order valence-corrected chi connectivity index (χ2v) is 8.53. The molecule has 4 nitrogen and oxygen atoms in total. The number of nitrogens with zero attached hydrogens (tertiary/aromatic N) is 1. The van der Waals surface area contributed by atoms with E-state index >= 15 is 0 Å². The first-order valence-corrected chi connectivity index (χ1v) is 11.0. The minimum Gasteiger partial charge on any atom is -0.273 e.